The second kappa shape index (κ2) is 8.12. The fraction of sp³-hybridized carbons (Fsp3) is 0.111. The summed E-state index contributed by atoms with van der Waals surface area (Å²) in [5.41, 5.74) is 3.33. The molecule has 5 nitrogen and oxygen atoms in total. The molecule has 0 saturated carbocycles. The molecule has 1 amide bonds. The third-order valence-electron chi connectivity index (χ3n) is 3.73. The lowest BCUT2D eigenvalue weighted by molar-refractivity contribution is -0.116. The molecule has 4 rings (SSSR count). The number of thiazole rings is 1. The SMILES string of the molecule is O=C(CSc1nncs1)N(Cc1ccc(F)cc1)c1nc2ccccc2s1. The Labute approximate surface area is 166 Å². The Kier molecular flexibility index (Phi) is 5.42. The number of hydrogen-bond donors (Lipinski definition) is 0. The lowest BCUT2D eigenvalue weighted by atomic mass is 10.2. The van der Waals surface area contributed by atoms with Crippen molar-refractivity contribution in [2.24, 2.45) is 0 Å². The summed E-state index contributed by atoms with van der Waals surface area (Å²) in [6, 6.07) is 13.9. The van der Waals surface area contributed by atoms with E-state index in [1.54, 1.807) is 22.5 Å². The molecule has 0 fully saturated rings. The van der Waals surface area contributed by atoms with Crippen LogP contribution in [-0.4, -0.2) is 26.8 Å². The van der Waals surface area contributed by atoms with E-state index in [4.69, 9.17) is 0 Å². The highest BCUT2D eigenvalue weighted by Crippen LogP contribution is 2.30. The molecule has 0 unspecified atom stereocenters. The third kappa shape index (κ3) is 4.32. The Balaban J connectivity index is 1.61. The molecule has 9 heteroatoms. The average molecular weight is 417 g/mol. The molecule has 0 spiro atoms. The van der Waals surface area contributed by atoms with Crippen LogP contribution in [0, 0.1) is 5.82 Å². The van der Waals surface area contributed by atoms with E-state index in [0.717, 1.165) is 20.1 Å². The molecule has 27 heavy (non-hydrogen) atoms. The number of carbonyl (C=O) groups is 1. The molecule has 0 aliphatic rings. The first-order valence-corrected chi connectivity index (χ1v) is 10.7. The van der Waals surface area contributed by atoms with E-state index in [1.165, 1.54) is 46.6 Å². The number of thioether (sulfide) groups is 1. The molecule has 2 aromatic carbocycles. The number of carbonyl (C=O) groups excluding carboxylic acids is 1. The lowest BCUT2D eigenvalue weighted by Crippen LogP contribution is -2.31. The molecule has 4 aromatic rings. The first-order chi connectivity index (χ1) is 13.2. The fourth-order valence-electron chi connectivity index (χ4n) is 2.44. The molecule has 0 saturated heterocycles. The van der Waals surface area contributed by atoms with Crippen LogP contribution in [0.1, 0.15) is 5.56 Å². The molecule has 2 aromatic heterocycles. The van der Waals surface area contributed by atoms with Crippen molar-refractivity contribution in [1.82, 2.24) is 15.2 Å². The number of rotatable bonds is 6. The van der Waals surface area contributed by atoms with Crippen molar-refractivity contribution in [3.05, 3.63) is 65.4 Å². The van der Waals surface area contributed by atoms with Crippen LogP contribution in [0.2, 0.25) is 0 Å². The van der Waals surface area contributed by atoms with Crippen LogP contribution >= 0.6 is 34.4 Å². The largest absolute Gasteiger partial charge is 0.283 e. The van der Waals surface area contributed by atoms with E-state index in [-0.39, 0.29) is 17.5 Å². The number of hydrogen-bond acceptors (Lipinski definition) is 7. The summed E-state index contributed by atoms with van der Waals surface area (Å²) in [5.74, 6) is -0.159. The second-order valence-corrected chi connectivity index (χ2v) is 8.63. The predicted molar refractivity (Wildman–Crippen MR) is 108 cm³/mol. The van der Waals surface area contributed by atoms with Crippen molar-refractivity contribution in [2.75, 3.05) is 10.7 Å². The minimum Gasteiger partial charge on any atom is -0.283 e. The zero-order valence-corrected chi connectivity index (χ0v) is 16.4. The van der Waals surface area contributed by atoms with Crippen LogP contribution in [0.25, 0.3) is 10.2 Å². The van der Waals surface area contributed by atoms with Gasteiger partial charge in [0, 0.05) is 0 Å². The third-order valence-corrected chi connectivity index (χ3v) is 6.63. The molecule has 0 aliphatic carbocycles. The van der Waals surface area contributed by atoms with Gasteiger partial charge in [0.1, 0.15) is 11.3 Å². The Morgan fingerprint density at radius 3 is 2.70 bits per heavy atom. The molecule has 0 atom stereocenters. The summed E-state index contributed by atoms with van der Waals surface area (Å²) in [6.07, 6.45) is 0. The van der Waals surface area contributed by atoms with E-state index in [0.29, 0.717) is 11.7 Å². The number of nitrogens with zero attached hydrogens (tertiary/aromatic N) is 4. The van der Waals surface area contributed by atoms with E-state index >= 15 is 0 Å². The van der Waals surface area contributed by atoms with Crippen LogP contribution in [-0.2, 0) is 11.3 Å². The summed E-state index contributed by atoms with van der Waals surface area (Å²) >= 11 is 4.21. The number of anilines is 1. The van der Waals surface area contributed by atoms with Crippen LogP contribution in [0.5, 0.6) is 0 Å². The van der Waals surface area contributed by atoms with Crippen LogP contribution in [0.4, 0.5) is 9.52 Å². The molecule has 0 aliphatic heterocycles. The van der Waals surface area contributed by atoms with Gasteiger partial charge in [-0.25, -0.2) is 9.37 Å². The van der Waals surface area contributed by atoms with Crippen molar-refractivity contribution in [2.45, 2.75) is 10.9 Å². The van der Waals surface area contributed by atoms with E-state index in [2.05, 4.69) is 15.2 Å². The zero-order chi connectivity index (χ0) is 18.6. The van der Waals surface area contributed by atoms with Gasteiger partial charge >= 0.3 is 0 Å². The Bertz CT molecular complexity index is 1020. The van der Waals surface area contributed by atoms with Gasteiger partial charge in [-0.05, 0) is 29.8 Å². The number of aromatic nitrogens is 3. The maximum Gasteiger partial charge on any atom is 0.239 e. The summed E-state index contributed by atoms with van der Waals surface area (Å²) < 4.78 is 15.0. The van der Waals surface area contributed by atoms with Gasteiger partial charge in [-0.1, -0.05) is 58.7 Å². The summed E-state index contributed by atoms with van der Waals surface area (Å²) in [7, 11) is 0. The Morgan fingerprint density at radius 2 is 1.96 bits per heavy atom. The van der Waals surface area contributed by atoms with Crippen molar-refractivity contribution in [1.29, 1.82) is 0 Å². The maximum atomic E-state index is 13.2. The molecule has 0 radical (unpaired) electrons. The average Bonchev–Trinajstić information content (AvgIpc) is 3.35. The Hall–Kier alpha value is -2.36. The zero-order valence-electron chi connectivity index (χ0n) is 13.9. The topological polar surface area (TPSA) is 59.0 Å². The molecular formula is C18H13FN4OS3. The van der Waals surface area contributed by atoms with Crippen LogP contribution in [0.15, 0.2) is 58.4 Å². The van der Waals surface area contributed by atoms with Gasteiger partial charge in [-0.2, -0.15) is 0 Å². The minimum atomic E-state index is -0.302. The number of fused-ring (bicyclic) bond motifs is 1. The smallest absolute Gasteiger partial charge is 0.239 e. The Morgan fingerprint density at radius 1 is 1.15 bits per heavy atom. The monoisotopic (exact) mass is 416 g/mol. The van der Waals surface area contributed by atoms with Gasteiger partial charge < -0.3 is 0 Å². The fourth-order valence-corrected chi connectivity index (χ4v) is 4.78. The van der Waals surface area contributed by atoms with Crippen LogP contribution < -0.4 is 4.90 Å². The van der Waals surface area contributed by atoms with E-state index < -0.39 is 0 Å². The lowest BCUT2D eigenvalue weighted by Gasteiger charge is -2.19. The quantitative estimate of drug-likeness (QED) is 0.430. The van der Waals surface area contributed by atoms with E-state index in [9.17, 15) is 9.18 Å². The molecule has 136 valence electrons. The highest BCUT2D eigenvalue weighted by molar-refractivity contribution is 8.01. The number of para-hydroxylation sites is 1. The number of amides is 1. The first-order valence-electron chi connectivity index (χ1n) is 7.98. The van der Waals surface area contributed by atoms with Gasteiger partial charge in [-0.15, -0.1) is 10.2 Å². The molecule has 0 bridgehead atoms. The number of benzene rings is 2. The van der Waals surface area contributed by atoms with Crippen molar-refractivity contribution in [3.63, 3.8) is 0 Å². The van der Waals surface area contributed by atoms with Crippen molar-refractivity contribution >= 4 is 55.7 Å². The maximum absolute atomic E-state index is 13.2. The second-order valence-electron chi connectivity index (χ2n) is 5.56. The molecular weight excluding hydrogens is 403 g/mol. The van der Waals surface area contributed by atoms with E-state index in [1.807, 2.05) is 24.3 Å². The van der Waals surface area contributed by atoms with Gasteiger partial charge in [0.05, 0.1) is 22.5 Å². The van der Waals surface area contributed by atoms with Gasteiger partial charge in [0.15, 0.2) is 9.47 Å². The summed E-state index contributed by atoms with van der Waals surface area (Å²) in [5, 5.41) is 8.37. The highest BCUT2D eigenvalue weighted by atomic mass is 32.2. The van der Waals surface area contributed by atoms with Gasteiger partial charge in [0.25, 0.3) is 0 Å². The molecule has 2 heterocycles. The summed E-state index contributed by atoms with van der Waals surface area (Å²) in [6.45, 7) is 0.329. The first kappa shape index (κ1) is 18.0. The van der Waals surface area contributed by atoms with Gasteiger partial charge in [0.2, 0.25) is 5.91 Å². The van der Waals surface area contributed by atoms with Gasteiger partial charge in [-0.3, -0.25) is 9.69 Å². The van der Waals surface area contributed by atoms with Crippen molar-refractivity contribution < 1.29 is 9.18 Å². The van der Waals surface area contributed by atoms with Crippen LogP contribution in [0.3, 0.4) is 0 Å². The molecule has 0 N–H and O–H groups in total. The van der Waals surface area contributed by atoms with Crippen molar-refractivity contribution in [3.8, 4) is 0 Å². The number of halogens is 1. The summed E-state index contributed by atoms with van der Waals surface area (Å²) in [4.78, 5) is 19.2. The minimum absolute atomic E-state index is 0.0846. The standard InChI is InChI=1S/C18H13FN4OS3/c19-13-7-5-12(6-8-13)9-23(16(24)10-25-18-22-20-11-26-18)17-21-14-3-1-2-4-15(14)27-17/h1-8,11H,9-10H2. The predicted octanol–water partition coefficient (Wildman–Crippen LogP) is 4.61. The highest BCUT2D eigenvalue weighted by Gasteiger charge is 2.21. The normalized spacial score (nSPS) is 11.0.